The van der Waals surface area contributed by atoms with Crippen molar-refractivity contribution in [2.75, 3.05) is 0 Å². The molecule has 0 bridgehead atoms. The summed E-state index contributed by atoms with van der Waals surface area (Å²) < 4.78 is 1.13. The Bertz CT molecular complexity index is 392. The van der Waals surface area contributed by atoms with E-state index in [0.717, 1.165) is 22.7 Å². The van der Waals surface area contributed by atoms with Gasteiger partial charge in [-0.25, -0.2) is 0 Å². The molecule has 0 amide bonds. The lowest BCUT2D eigenvalue weighted by atomic mass is 10.0. The van der Waals surface area contributed by atoms with Gasteiger partial charge in [0, 0.05) is 4.47 Å². The van der Waals surface area contributed by atoms with E-state index in [9.17, 15) is 5.11 Å². The predicted molar refractivity (Wildman–Crippen MR) is 72.8 cm³/mol. The van der Waals surface area contributed by atoms with Crippen molar-refractivity contribution < 1.29 is 5.11 Å². The molecule has 3 unspecified atom stereocenters. The van der Waals surface area contributed by atoms with Crippen molar-refractivity contribution in [2.24, 2.45) is 17.8 Å². The van der Waals surface area contributed by atoms with Crippen molar-refractivity contribution in [3.63, 3.8) is 0 Å². The fourth-order valence-corrected chi connectivity index (χ4v) is 4.09. The van der Waals surface area contributed by atoms with Crippen LogP contribution >= 0.6 is 15.9 Å². The molecule has 0 aromatic heterocycles. The highest BCUT2D eigenvalue weighted by Gasteiger charge is 2.53. The maximum Gasteiger partial charge on any atom is 0.0614 e. The van der Waals surface area contributed by atoms with E-state index in [1.165, 1.54) is 31.2 Å². The van der Waals surface area contributed by atoms with Crippen LogP contribution in [0.3, 0.4) is 0 Å². The third-order valence-electron chi connectivity index (χ3n) is 4.55. The van der Waals surface area contributed by atoms with Crippen molar-refractivity contribution in [3.05, 3.63) is 34.3 Å². The molecule has 2 heteroatoms. The number of aliphatic hydroxyl groups is 1. The first kappa shape index (κ1) is 11.7. The summed E-state index contributed by atoms with van der Waals surface area (Å²) in [6.45, 7) is 0. The zero-order chi connectivity index (χ0) is 11.8. The second-order valence-electron chi connectivity index (χ2n) is 5.55. The van der Waals surface area contributed by atoms with Crippen LogP contribution in [0.25, 0.3) is 0 Å². The Morgan fingerprint density at radius 1 is 1.18 bits per heavy atom. The van der Waals surface area contributed by atoms with Gasteiger partial charge in [0.25, 0.3) is 0 Å². The van der Waals surface area contributed by atoms with Crippen LogP contribution in [0.5, 0.6) is 0 Å². The number of hydrogen-bond acceptors (Lipinski definition) is 1. The fourth-order valence-electron chi connectivity index (χ4n) is 3.64. The second kappa shape index (κ2) is 4.74. The lowest BCUT2D eigenvalue weighted by Gasteiger charge is -2.11. The van der Waals surface area contributed by atoms with E-state index in [1.54, 1.807) is 0 Å². The average Bonchev–Trinajstić information content (AvgIpc) is 3.06. The Balaban J connectivity index is 1.64. The Morgan fingerprint density at radius 3 is 2.47 bits per heavy atom. The van der Waals surface area contributed by atoms with Crippen molar-refractivity contribution >= 4 is 15.9 Å². The molecule has 92 valence electrons. The fraction of sp³-hybridized carbons (Fsp3) is 0.600. The van der Waals surface area contributed by atoms with Crippen LogP contribution in [0.15, 0.2) is 28.7 Å². The molecule has 1 nitrogen and oxygen atoms in total. The lowest BCUT2D eigenvalue weighted by Crippen LogP contribution is -2.15. The molecular formula is C15H19BrO. The Morgan fingerprint density at radius 2 is 1.82 bits per heavy atom. The summed E-state index contributed by atoms with van der Waals surface area (Å²) >= 11 is 3.56. The summed E-state index contributed by atoms with van der Waals surface area (Å²) in [5.41, 5.74) is 1.24. The minimum Gasteiger partial charge on any atom is -0.392 e. The highest BCUT2D eigenvalue weighted by atomic mass is 79.9. The number of aliphatic hydroxyl groups excluding tert-OH is 1. The summed E-state index contributed by atoms with van der Waals surface area (Å²) in [6.07, 6.45) is 6.12. The molecule has 2 aliphatic carbocycles. The van der Waals surface area contributed by atoms with Crippen molar-refractivity contribution in [2.45, 2.75) is 38.2 Å². The third-order valence-corrected chi connectivity index (χ3v) is 5.33. The minimum atomic E-state index is -0.137. The van der Waals surface area contributed by atoms with Crippen LogP contribution < -0.4 is 0 Å². The number of benzene rings is 1. The molecule has 1 aromatic carbocycles. The predicted octanol–water partition coefficient (Wildman–Crippen LogP) is 3.79. The molecule has 17 heavy (non-hydrogen) atoms. The topological polar surface area (TPSA) is 20.2 Å². The molecular weight excluding hydrogens is 276 g/mol. The molecule has 1 aromatic rings. The number of halogens is 1. The SMILES string of the molecule is OC(Cc1ccccc1Br)C1C2CCCCC21. The second-order valence-corrected chi connectivity index (χ2v) is 6.41. The summed E-state index contributed by atoms with van der Waals surface area (Å²) in [4.78, 5) is 0. The van der Waals surface area contributed by atoms with Crippen LogP contribution in [0, 0.1) is 17.8 Å². The van der Waals surface area contributed by atoms with Gasteiger partial charge in [-0.1, -0.05) is 47.0 Å². The standard InChI is InChI=1S/C15H19BrO/c16-13-8-4-1-5-10(13)9-14(17)15-11-6-2-3-7-12(11)15/h1,4-5,8,11-12,14-15,17H,2-3,6-7,9H2. The molecule has 0 heterocycles. The van der Waals surface area contributed by atoms with E-state index >= 15 is 0 Å². The zero-order valence-electron chi connectivity index (χ0n) is 9.98. The van der Waals surface area contributed by atoms with E-state index in [-0.39, 0.29) is 6.10 Å². The Hall–Kier alpha value is -0.340. The van der Waals surface area contributed by atoms with E-state index < -0.39 is 0 Å². The zero-order valence-corrected chi connectivity index (χ0v) is 11.6. The lowest BCUT2D eigenvalue weighted by molar-refractivity contribution is 0.140. The molecule has 2 aliphatic rings. The molecule has 3 atom stereocenters. The minimum absolute atomic E-state index is 0.137. The highest BCUT2D eigenvalue weighted by Crippen LogP contribution is 2.57. The van der Waals surface area contributed by atoms with Crippen LogP contribution in [-0.2, 0) is 6.42 Å². The third kappa shape index (κ3) is 2.30. The first-order valence-corrected chi connectivity index (χ1v) is 7.48. The number of hydrogen-bond donors (Lipinski definition) is 1. The maximum absolute atomic E-state index is 10.4. The van der Waals surface area contributed by atoms with Gasteiger partial charge in [-0.2, -0.15) is 0 Å². The molecule has 0 spiro atoms. The molecule has 0 aliphatic heterocycles. The normalized spacial score (nSPS) is 32.9. The molecule has 2 saturated carbocycles. The van der Waals surface area contributed by atoms with Gasteiger partial charge < -0.3 is 5.11 Å². The number of fused-ring (bicyclic) bond motifs is 1. The van der Waals surface area contributed by atoms with Gasteiger partial charge in [0.15, 0.2) is 0 Å². The smallest absolute Gasteiger partial charge is 0.0614 e. The quantitative estimate of drug-likeness (QED) is 0.899. The van der Waals surface area contributed by atoms with Gasteiger partial charge in [0.1, 0.15) is 0 Å². The van der Waals surface area contributed by atoms with Crippen LogP contribution in [0.2, 0.25) is 0 Å². The van der Waals surface area contributed by atoms with E-state index in [1.807, 2.05) is 12.1 Å². The van der Waals surface area contributed by atoms with E-state index in [4.69, 9.17) is 0 Å². The van der Waals surface area contributed by atoms with Gasteiger partial charge in [0.2, 0.25) is 0 Å². The van der Waals surface area contributed by atoms with Crippen LogP contribution in [0.4, 0.5) is 0 Å². The molecule has 3 rings (SSSR count). The first-order chi connectivity index (χ1) is 8.27. The summed E-state index contributed by atoms with van der Waals surface area (Å²) in [5.74, 6) is 2.26. The van der Waals surface area contributed by atoms with Crippen molar-refractivity contribution in [1.29, 1.82) is 0 Å². The Kier molecular flexibility index (Phi) is 3.27. The van der Waals surface area contributed by atoms with Crippen LogP contribution in [-0.4, -0.2) is 11.2 Å². The van der Waals surface area contributed by atoms with Crippen LogP contribution in [0.1, 0.15) is 31.2 Å². The molecule has 1 N–H and O–H groups in total. The molecule has 0 radical (unpaired) electrons. The van der Waals surface area contributed by atoms with Crippen molar-refractivity contribution in [1.82, 2.24) is 0 Å². The highest BCUT2D eigenvalue weighted by molar-refractivity contribution is 9.10. The molecule has 0 saturated heterocycles. The summed E-state index contributed by atoms with van der Waals surface area (Å²) in [6, 6.07) is 8.24. The van der Waals surface area contributed by atoms with Crippen molar-refractivity contribution in [3.8, 4) is 0 Å². The van der Waals surface area contributed by atoms with Gasteiger partial charge in [-0.15, -0.1) is 0 Å². The average molecular weight is 295 g/mol. The number of rotatable bonds is 3. The van der Waals surface area contributed by atoms with E-state index in [2.05, 4.69) is 28.1 Å². The van der Waals surface area contributed by atoms with Gasteiger partial charge in [-0.3, -0.25) is 0 Å². The monoisotopic (exact) mass is 294 g/mol. The first-order valence-electron chi connectivity index (χ1n) is 6.69. The van der Waals surface area contributed by atoms with E-state index in [0.29, 0.717) is 5.92 Å². The summed E-state index contributed by atoms with van der Waals surface area (Å²) in [5, 5.41) is 10.4. The summed E-state index contributed by atoms with van der Waals surface area (Å²) in [7, 11) is 0. The maximum atomic E-state index is 10.4. The largest absolute Gasteiger partial charge is 0.392 e. The van der Waals surface area contributed by atoms with Gasteiger partial charge in [-0.05, 0) is 48.6 Å². The van der Waals surface area contributed by atoms with Gasteiger partial charge >= 0.3 is 0 Å². The molecule has 2 fully saturated rings. The Labute approximate surface area is 111 Å². The van der Waals surface area contributed by atoms with Gasteiger partial charge in [0.05, 0.1) is 6.10 Å².